The van der Waals surface area contributed by atoms with Crippen LogP contribution in [-0.2, 0) is 7.05 Å². The summed E-state index contributed by atoms with van der Waals surface area (Å²) in [4.78, 5) is 34.0. The lowest BCUT2D eigenvalue weighted by Gasteiger charge is -2.11. The molecule has 0 atom stereocenters. The maximum atomic E-state index is 13.0. The Kier molecular flexibility index (Phi) is 4.74. The van der Waals surface area contributed by atoms with E-state index in [9.17, 15) is 9.59 Å². The summed E-state index contributed by atoms with van der Waals surface area (Å²) in [5, 5.41) is 7.20. The summed E-state index contributed by atoms with van der Waals surface area (Å²) in [7, 11) is 1.72. The molecule has 1 amide bonds. The van der Waals surface area contributed by atoms with Gasteiger partial charge in [-0.05, 0) is 42.8 Å². The van der Waals surface area contributed by atoms with E-state index in [0.717, 1.165) is 5.56 Å². The molecule has 0 saturated heterocycles. The summed E-state index contributed by atoms with van der Waals surface area (Å²) in [6.07, 6.45) is 8.21. The summed E-state index contributed by atoms with van der Waals surface area (Å²) >= 11 is 0. The second-order valence-electron chi connectivity index (χ2n) is 6.49. The summed E-state index contributed by atoms with van der Waals surface area (Å²) in [6.45, 7) is 1.73. The van der Waals surface area contributed by atoms with Gasteiger partial charge in [0.1, 0.15) is 11.4 Å². The maximum absolute atomic E-state index is 13.0. The van der Waals surface area contributed by atoms with Gasteiger partial charge in [-0.2, -0.15) is 5.10 Å². The Morgan fingerprint density at radius 1 is 1.07 bits per heavy atom. The molecule has 4 aromatic heterocycles. The molecule has 4 aromatic rings. The normalized spacial score (nSPS) is 10.7. The van der Waals surface area contributed by atoms with Crippen molar-refractivity contribution in [1.29, 1.82) is 0 Å². The Labute approximate surface area is 166 Å². The lowest BCUT2D eigenvalue weighted by Crippen LogP contribution is -2.29. The second-order valence-corrected chi connectivity index (χ2v) is 6.49. The number of anilines is 1. The molecule has 0 fully saturated rings. The van der Waals surface area contributed by atoms with Gasteiger partial charge in [-0.15, -0.1) is 0 Å². The number of nitrogens with one attached hydrogen (secondary N) is 1. The number of carbonyl (C=O) groups is 1. The molecule has 1 N–H and O–H groups in total. The van der Waals surface area contributed by atoms with Crippen LogP contribution >= 0.6 is 0 Å². The number of aromatic nitrogens is 5. The highest BCUT2D eigenvalue weighted by molar-refractivity contribution is 6.04. The predicted octanol–water partition coefficient (Wildman–Crippen LogP) is 2.59. The van der Waals surface area contributed by atoms with E-state index in [1.165, 1.54) is 4.57 Å². The van der Waals surface area contributed by atoms with E-state index in [1.807, 2.05) is 12.1 Å². The zero-order valence-electron chi connectivity index (χ0n) is 15.9. The van der Waals surface area contributed by atoms with Crippen LogP contribution in [0.2, 0.25) is 0 Å². The van der Waals surface area contributed by atoms with Gasteiger partial charge in [0.25, 0.3) is 11.5 Å². The van der Waals surface area contributed by atoms with Crippen molar-refractivity contribution in [3.05, 3.63) is 88.9 Å². The highest BCUT2D eigenvalue weighted by Gasteiger charge is 2.18. The number of carbonyl (C=O) groups excluding carboxylic acids is 1. The third kappa shape index (κ3) is 3.55. The van der Waals surface area contributed by atoms with E-state index < -0.39 is 11.5 Å². The van der Waals surface area contributed by atoms with E-state index in [-0.39, 0.29) is 5.56 Å². The molecular formula is C21H18N6O2. The van der Waals surface area contributed by atoms with Crippen LogP contribution in [0.15, 0.2) is 72.2 Å². The zero-order valence-corrected chi connectivity index (χ0v) is 15.9. The Balaban J connectivity index is 1.68. The third-order valence-corrected chi connectivity index (χ3v) is 4.53. The van der Waals surface area contributed by atoms with Crippen LogP contribution in [0.4, 0.5) is 5.82 Å². The summed E-state index contributed by atoms with van der Waals surface area (Å²) < 4.78 is 2.96. The van der Waals surface area contributed by atoms with Crippen molar-refractivity contribution in [2.24, 2.45) is 7.05 Å². The maximum Gasteiger partial charge on any atom is 0.268 e. The highest BCUT2D eigenvalue weighted by Crippen LogP contribution is 2.21. The van der Waals surface area contributed by atoms with E-state index in [4.69, 9.17) is 0 Å². The Morgan fingerprint density at radius 3 is 2.52 bits per heavy atom. The molecule has 4 rings (SSSR count). The monoisotopic (exact) mass is 386 g/mol. The predicted molar refractivity (Wildman–Crippen MR) is 109 cm³/mol. The molecule has 0 aliphatic rings. The number of pyridine rings is 3. The fraction of sp³-hybridized carbons (Fsp3) is 0.0952. The van der Waals surface area contributed by atoms with Crippen molar-refractivity contribution in [3.63, 3.8) is 0 Å². The first kappa shape index (κ1) is 18.3. The van der Waals surface area contributed by atoms with Crippen LogP contribution in [0, 0.1) is 6.92 Å². The molecule has 4 heterocycles. The van der Waals surface area contributed by atoms with E-state index in [2.05, 4.69) is 20.4 Å². The van der Waals surface area contributed by atoms with Crippen LogP contribution in [0.25, 0.3) is 16.9 Å². The second kappa shape index (κ2) is 7.51. The molecule has 144 valence electrons. The lowest BCUT2D eigenvalue weighted by molar-refractivity contribution is 0.102. The average molecular weight is 386 g/mol. The SMILES string of the molecule is Cc1ccn(-c2cccnc2)c(=O)c1C(=O)Nc1cc(-c2cccnc2)nn1C. The van der Waals surface area contributed by atoms with Crippen molar-refractivity contribution in [2.45, 2.75) is 6.92 Å². The van der Waals surface area contributed by atoms with Gasteiger partial charge >= 0.3 is 0 Å². The molecule has 8 heteroatoms. The quantitative estimate of drug-likeness (QED) is 0.582. The fourth-order valence-electron chi connectivity index (χ4n) is 3.02. The molecule has 0 aliphatic heterocycles. The van der Waals surface area contributed by atoms with Gasteiger partial charge in [0.05, 0.1) is 17.6 Å². The van der Waals surface area contributed by atoms with Crippen molar-refractivity contribution < 1.29 is 4.79 Å². The molecule has 0 unspecified atom stereocenters. The number of aryl methyl sites for hydroxylation is 2. The lowest BCUT2D eigenvalue weighted by atomic mass is 10.1. The van der Waals surface area contributed by atoms with Gasteiger partial charge in [0, 0.05) is 43.5 Å². The van der Waals surface area contributed by atoms with Gasteiger partial charge in [0.2, 0.25) is 0 Å². The minimum absolute atomic E-state index is 0.0699. The third-order valence-electron chi connectivity index (χ3n) is 4.53. The van der Waals surface area contributed by atoms with Gasteiger partial charge in [-0.3, -0.25) is 28.8 Å². The Morgan fingerprint density at radius 2 is 1.83 bits per heavy atom. The molecule has 0 radical (unpaired) electrons. The molecule has 29 heavy (non-hydrogen) atoms. The van der Waals surface area contributed by atoms with Gasteiger partial charge in [0.15, 0.2) is 0 Å². The highest BCUT2D eigenvalue weighted by atomic mass is 16.2. The van der Waals surface area contributed by atoms with Crippen molar-refractivity contribution in [1.82, 2.24) is 24.3 Å². The summed E-state index contributed by atoms with van der Waals surface area (Å²) in [5.74, 6) is -0.0177. The minimum atomic E-state index is -0.494. The fourth-order valence-corrected chi connectivity index (χ4v) is 3.02. The molecule has 0 spiro atoms. The summed E-state index contributed by atoms with van der Waals surface area (Å²) in [6, 6.07) is 10.7. The first-order chi connectivity index (χ1) is 14.0. The number of hydrogen-bond acceptors (Lipinski definition) is 5. The smallest absolute Gasteiger partial charge is 0.268 e. The van der Waals surface area contributed by atoms with Gasteiger partial charge < -0.3 is 5.32 Å². The Hall–Kier alpha value is -4.07. The number of amides is 1. The average Bonchev–Trinajstić information content (AvgIpc) is 3.10. The van der Waals surface area contributed by atoms with E-state index in [0.29, 0.717) is 22.8 Å². The first-order valence-electron chi connectivity index (χ1n) is 8.93. The summed E-state index contributed by atoms with van der Waals surface area (Å²) in [5.41, 5.74) is 2.34. The van der Waals surface area contributed by atoms with Gasteiger partial charge in [-0.1, -0.05) is 0 Å². The molecule has 8 nitrogen and oxygen atoms in total. The Bertz CT molecular complexity index is 1230. The van der Waals surface area contributed by atoms with Crippen LogP contribution < -0.4 is 10.9 Å². The van der Waals surface area contributed by atoms with Crippen LogP contribution in [0.3, 0.4) is 0 Å². The first-order valence-corrected chi connectivity index (χ1v) is 8.93. The minimum Gasteiger partial charge on any atom is -0.307 e. The number of hydrogen-bond donors (Lipinski definition) is 1. The molecule has 0 bridgehead atoms. The number of nitrogens with zero attached hydrogens (tertiary/aromatic N) is 5. The largest absolute Gasteiger partial charge is 0.307 e. The van der Waals surface area contributed by atoms with E-state index >= 15 is 0 Å². The van der Waals surface area contributed by atoms with Gasteiger partial charge in [-0.25, -0.2) is 0 Å². The molecule has 0 aromatic carbocycles. The molecule has 0 aliphatic carbocycles. The zero-order chi connectivity index (χ0) is 20.4. The molecular weight excluding hydrogens is 368 g/mol. The number of rotatable bonds is 4. The standard InChI is InChI=1S/C21H18N6O2/c1-14-7-10-27(16-6-4-9-23-13-16)21(29)19(14)20(28)24-18-11-17(25-26(18)2)15-5-3-8-22-12-15/h3-13H,1-2H3,(H,24,28). The topological polar surface area (TPSA) is 94.7 Å². The van der Waals surface area contributed by atoms with Crippen molar-refractivity contribution in [2.75, 3.05) is 5.32 Å². The molecule has 0 saturated carbocycles. The van der Waals surface area contributed by atoms with E-state index in [1.54, 1.807) is 73.9 Å². The van der Waals surface area contributed by atoms with Crippen LogP contribution in [0.5, 0.6) is 0 Å². The van der Waals surface area contributed by atoms with Crippen molar-refractivity contribution in [3.8, 4) is 16.9 Å². The van der Waals surface area contributed by atoms with Crippen molar-refractivity contribution >= 4 is 11.7 Å². The van der Waals surface area contributed by atoms with Crippen LogP contribution in [0.1, 0.15) is 15.9 Å². The van der Waals surface area contributed by atoms with Crippen LogP contribution in [-0.4, -0.2) is 30.2 Å².